The van der Waals surface area contributed by atoms with E-state index < -0.39 is 5.97 Å². The highest BCUT2D eigenvalue weighted by Gasteiger charge is 2.62. The molecule has 3 nitrogen and oxygen atoms in total. The van der Waals surface area contributed by atoms with Gasteiger partial charge in [0, 0.05) is 6.04 Å². The number of hydrogen-bond acceptors (Lipinski definition) is 2. The molecule has 0 aliphatic heterocycles. The molecule has 0 heterocycles. The number of carboxylic acid groups (broad SMARTS) is 1. The van der Waals surface area contributed by atoms with E-state index in [2.05, 4.69) is 13.8 Å². The second-order valence-corrected chi connectivity index (χ2v) is 9.57. The van der Waals surface area contributed by atoms with Crippen LogP contribution in [0, 0.1) is 40.4 Å². The van der Waals surface area contributed by atoms with Gasteiger partial charge in [0.05, 0.1) is 5.92 Å². The second-order valence-electron chi connectivity index (χ2n) is 9.57. The number of carbonyl (C=O) groups is 1. The van der Waals surface area contributed by atoms with Crippen molar-refractivity contribution in [3.63, 3.8) is 0 Å². The molecular weight excluding hydrogens is 286 g/mol. The summed E-state index contributed by atoms with van der Waals surface area (Å²) < 4.78 is 0. The van der Waals surface area contributed by atoms with Crippen molar-refractivity contribution in [3.05, 3.63) is 0 Å². The minimum Gasteiger partial charge on any atom is -0.481 e. The fourth-order valence-electron chi connectivity index (χ4n) is 7.80. The van der Waals surface area contributed by atoms with Crippen molar-refractivity contribution in [2.45, 2.75) is 77.7 Å². The molecule has 4 aliphatic carbocycles. The van der Waals surface area contributed by atoms with Gasteiger partial charge >= 0.3 is 5.97 Å². The highest BCUT2D eigenvalue weighted by molar-refractivity contribution is 5.71. The fraction of sp³-hybridized carbons (Fsp3) is 0.950. The van der Waals surface area contributed by atoms with E-state index in [0.29, 0.717) is 17.4 Å². The molecule has 3 unspecified atom stereocenters. The van der Waals surface area contributed by atoms with Gasteiger partial charge in [0.15, 0.2) is 0 Å². The van der Waals surface area contributed by atoms with E-state index in [-0.39, 0.29) is 11.3 Å². The number of rotatable bonds is 1. The molecule has 3 N–H and O–H groups in total. The van der Waals surface area contributed by atoms with Crippen LogP contribution >= 0.6 is 0 Å². The topological polar surface area (TPSA) is 63.3 Å². The predicted octanol–water partition coefficient (Wildman–Crippen LogP) is 4.06. The van der Waals surface area contributed by atoms with E-state index >= 15 is 0 Å². The van der Waals surface area contributed by atoms with Crippen LogP contribution in [0.3, 0.4) is 0 Å². The van der Waals surface area contributed by atoms with Gasteiger partial charge in [0.25, 0.3) is 0 Å². The number of aliphatic carboxylic acids is 1. The van der Waals surface area contributed by atoms with Gasteiger partial charge in [-0.2, -0.15) is 0 Å². The predicted molar refractivity (Wildman–Crippen MR) is 90.8 cm³/mol. The van der Waals surface area contributed by atoms with Crippen LogP contribution in [0.25, 0.3) is 0 Å². The summed E-state index contributed by atoms with van der Waals surface area (Å²) in [5, 5.41) is 9.67. The van der Waals surface area contributed by atoms with Crippen molar-refractivity contribution in [1.29, 1.82) is 0 Å². The minimum absolute atomic E-state index is 0.0367. The molecule has 0 saturated heterocycles. The van der Waals surface area contributed by atoms with E-state index in [1.165, 1.54) is 38.5 Å². The Morgan fingerprint density at radius 1 is 1.00 bits per heavy atom. The van der Waals surface area contributed by atoms with Gasteiger partial charge in [-0.1, -0.05) is 20.3 Å². The maximum atomic E-state index is 11.7. The molecule has 23 heavy (non-hydrogen) atoms. The molecule has 0 radical (unpaired) electrons. The minimum atomic E-state index is -0.553. The van der Waals surface area contributed by atoms with Crippen LogP contribution in [0.4, 0.5) is 0 Å². The largest absolute Gasteiger partial charge is 0.481 e. The van der Waals surface area contributed by atoms with Crippen molar-refractivity contribution < 1.29 is 9.90 Å². The molecule has 0 amide bonds. The third kappa shape index (κ3) is 2.01. The summed E-state index contributed by atoms with van der Waals surface area (Å²) in [6.45, 7) is 4.78. The Labute approximate surface area is 140 Å². The molecular formula is C20H33NO2. The molecule has 0 bridgehead atoms. The molecule has 4 fully saturated rings. The Balaban J connectivity index is 1.66. The lowest BCUT2D eigenvalue weighted by molar-refractivity contribution is -0.153. The smallest absolute Gasteiger partial charge is 0.307 e. The normalized spacial score (nSPS) is 55.6. The van der Waals surface area contributed by atoms with Crippen molar-refractivity contribution in [1.82, 2.24) is 0 Å². The summed E-state index contributed by atoms with van der Waals surface area (Å²) in [7, 11) is 0. The second kappa shape index (κ2) is 5.21. The highest BCUT2D eigenvalue weighted by atomic mass is 16.4. The van der Waals surface area contributed by atoms with E-state index in [0.717, 1.165) is 37.0 Å². The number of hydrogen-bond donors (Lipinski definition) is 2. The zero-order chi connectivity index (χ0) is 16.4. The average molecular weight is 319 g/mol. The average Bonchev–Trinajstić information content (AvgIpc) is 2.86. The lowest BCUT2D eigenvalue weighted by Gasteiger charge is -2.62. The van der Waals surface area contributed by atoms with Crippen LogP contribution in [0.2, 0.25) is 0 Å². The first-order valence-electron chi connectivity index (χ1n) is 9.87. The van der Waals surface area contributed by atoms with E-state index in [9.17, 15) is 9.90 Å². The fourth-order valence-corrected chi connectivity index (χ4v) is 7.80. The third-order valence-corrected chi connectivity index (χ3v) is 9.13. The lowest BCUT2D eigenvalue weighted by Crippen LogP contribution is -2.59. The third-order valence-electron chi connectivity index (χ3n) is 9.13. The first kappa shape index (κ1) is 15.9. The molecule has 0 aromatic heterocycles. The van der Waals surface area contributed by atoms with Crippen molar-refractivity contribution >= 4 is 5.97 Å². The van der Waals surface area contributed by atoms with Gasteiger partial charge in [-0.3, -0.25) is 4.79 Å². The van der Waals surface area contributed by atoms with Crippen molar-refractivity contribution in [2.24, 2.45) is 46.2 Å². The SMILES string of the molecule is C[C@]12C(N)CCCC1CC[C@@H]1[C@@H]2CC[C@]2(C)C(C(=O)O)CC[C@@H]12. The maximum Gasteiger partial charge on any atom is 0.307 e. The molecule has 4 saturated carbocycles. The zero-order valence-corrected chi connectivity index (χ0v) is 14.8. The lowest BCUT2D eigenvalue weighted by atomic mass is 9.44. The Bertz CT molecular complexity index is 506. The Morgan fingerprint density at radius 3 is 2.52 bits per heavy atom. The van der Waals surface area contributed by atoms with Gasteiger partial charge in [0.2, 0.25) is 0 Å². The molecule has 0 spiro atoms. The Hall–Kier alpha value is -0.570. The van der Waals surface area contributed by atoms with Gasteiger partial charge in [0.1, 0.15) is 0 Å². The Morgan fingerprint density at radius 2 is 1.78 bits per heavy atom. The summed E-state index contributed by atoms with van der Waals surface area (Å²) in [6, 6.07) is 0.357. The summed E-state index contributed by atoms with van der Waals surface area (Å²) in [5.74, 6) is 2.23. The molecule has 4 aliphatic rings. The summed E-state index contributed by atoms with van der Waals surface area (Å²) in [5.41, 5.74) is 7.03. The van der Waals surface area contributed by atoms with Gasteiger partial charge in [-0.15, -0.1) is 0 Å². The number of carboxylic acids is 1. The van der Waals surface area contributed by atoms with E-state index in [1.54, 1.807) is 0 Å². The highest BCUT2D eigenvalue weighted by Crippen LogP contribution is 2.67. The van der Waals surface area contributed by atoms with Crippen LogP contribution < -0.4 is 5.73 Å². The maximum absolute atomic E-state index is 11.7. The molecule has 3 heteroatoms. The van der Waals surface area contributed by atoms with E-state index in [1.807, 2.05) is 0 Å². The first-order valence-corrected chi connectivity index (χ1v) is 9.87. The van der Waals surface area contributed by atoms with Crippen LogP contribution in [-0.4, -0.2) is 17.1 Å². The first-order chi connectivity index (χ1) is 10.9. The Kier molecular flexibility index (Phi) is 3.61. The molecule has 130 valence electrons. The summed E-state index contributed by atoms with van der Waals surface area (Å²) in [4.78, 5) is 11.7. The van der Waals surface area contributed by atoms with Crippen LogP contribution in [0.5, 0.6) is 0 Å². The van der Waals surface area contributed by atoms with Gasteiger partial charge in [-0.05, 0) is 85.9 Å². The summed E-state index contributed by atoms with van der Waals surface area (Å²) >= 11 is 0. The molecule has 0 aromatic carbocycles. The van der Waals surface area contributed by atoms with E-state index in [4.69, 9.17) is 5.73 Å². The van der Waals surface area contributed by atoms with Gasteiger partial charge in [-0.25, -0.2) is 0 Å². The zero-order valence-electron chi connectivity index (χ0n) is 14.8. The molecule has 8 atom stereocenters. The quantitative estimate of drug-likeness (QED) is 0.766. The van der Waals surface area contributed by atoms with Crippen molar-refractivity contribution in [2.75, 3.05) is 0 Å². The molecule has 0 aromatic rings. The summed E-state index contributed by atoms with van der Waals surface area (Å²) in [6.07, 6.45) is 10.9. The van der Waals surface area contributed by atoms with Crippen molar-refractivity contribution in [3.8, 4) is 0 Å². The number of nitrogens with two attached hydrogens (primary N) is 1. The van der Waals surface area contributed by atoms with Gasteiger partial charge < -0.3 is 10.8 Å². The van der Waals surface area contributed by atoms with Crippen LogP contribution in [0.15, 0.2) is 0 Å². The van der Waals surface area contributed by atoms with Crippen LogP contribution in [-0.2, 0) is 4.79 Å². The number of fused-ring (bicyclic) bond motifs is 5. The van der Waals surface area contributed by atoms with Crippen LogP contribution in [0.1, 0.15) is 71.6 Å². The molecule has 4 rings (SSSR count). The standard InChI is InChI=1S/C20H33NO2/c1-19-11-10-15-13(14(19)8-9-16(19)18(22)23)7-6-12-4-3-5-17(21)20(12,15)2/h12-17H,3-11,21H2,1-2H3,(H,22,23)/t12?,13-,14-,15-,16?,17?,19-,20-/m0/s1. The monoisotopic (exact) mass is 319 g/mol.